The van der Waals surface area contributed by atoms with Crippen molar-refractivity contribution in [3.63, 3.8) is 0 Å². The highest BCUT2D eigenvalue weighted by Gasteiger charge is 2.22. The molecule has 0 bridgehead atoms. The van der Waals surface area contributed by atoms with E-state index in [0.29, 0.717) is 6.04 Å². The molecule has 2 N–H and O–H groups in total. The van der Waals surface area contributed by atoms with Crippen LogP contribution in [0.5, 0.6) is 0 Å². The largest absolute Gasteiger partial charge is 0.357 e. The third kappa shape index (κ3) is 1.99. The lowest BCUT2D eigenvalue weighted by Gasteiger charge is -2.16. The number of benzene rings is 1. The summed E-state index contributed by atoms with van der Waals surface area (Å²) in [5.74, 6) is 0. The molecule has 0 amide bonds. The van der Waals surface area contributed by atoms with E-state index in [1.807, 2.05) is 0 Å². The molecule has 2 aromatic rings. The van der Waals surface area contributed by atoms with Crippen molar-refractivity contribution in [3.8, 4) is 0 Å². The summed E-state index contributed by atoms with van der Waals surface area (Å²) in [6.45, 7) is 3.22. The van der Waals surface area contributed by atoms with Crippen LogP contribution in [0.3, 0.4) is 0 Å². The van der Waals surface area contributed by atoms with Gasteiger partial charge in [0.25, 0.3) is 0 Å². The number of aromatic amines is 1. The molecular weight excluding hydrogens is 288 g/mol. The highest BCUT2D eigenvalue weighted by Crippen LogP contribution is 2.36. The van der Waals surface area contributed by atoms with Gasteiger partial charge in [-0.05, 0) is 53.4 Å². The fourth-order valence-electron chi connectivity index (χ4n) is 3.10. The zero-order valence-electron chi connectivity index (χ0n) is 10.7. The number of hydrogen-bond donors (Lipinski definition) is 2. The topological polar surface area (TPSA) is 27.8 Å². The van der Waals surface area contributed by atoms with Crippen LogP contribution in [0, 0.1) is 0 Å². The summed E-state index contributed by atoms with van der Waals surface area (Å²) in [5, 5.41) is 5.02. The van der Waals surface area contributed by atoms with Crippen LogP contribution in [-0.2, 0) is 6.42 Å². The summed E-state index contributed by atoms with van der Waals surface area (Å²) in [4.78, 5) is 3.63. The van der Waals surface area contributed by atoms with Gasteiger partial charge in [0.15, 0.2) is 0 Å². The smallest absolute Gasteiger partial charge is 0.0603 e. The lowest BCUT2D eigenvalue weighted by atomic mass is 10.0. The van der Waals surface area contributed by atoms with Crippen molar-refractivity contribution in [2.45, 2.75) is 38.6 Å². The van der Waals surface area contributed by atoms with Crippen molar-refractivity contribution in [1.29, 1.82) is 0 Å². The molecule has 1 aromatic carbocycles. The Kier molecular flexibility index (Phi) is 3.44. The molecule has 96 valence electrons. The quantitative estimate of drug-likeness (QED) is 0.795. The van der Waals surface area contributed by atoms with Crippen LogP contribution in [0.25, 0.3) is 10.9 Å². The number of H-pyrrole nitrogens is 1. The van der Waals surface area contributed by atoms with E-state index in [2.05, 4.69) is 51.4 Å². The number of aromatic nitrogens is 1. The average molecular weight is 307 g/mol. The summed E-state index contributed by atoms with van der Waals surface area (Å²) in [5.41, 5.74) is 4.19. The molecule has 1 atom stereocenters. The first-order valence-corrected chi connectivity index (χ1v) is 7.63. The Balaban J connectivity index is 2.19. The maximum atomic E-state index is 3.65. The lowest BCUT2D eigenvalue weighted by molar-refractivity contribution is 0.506. The molecular formula is C15H19BrN2. The van der Waals surface area contributed by atoms with Crippen molar-refractivity contribution in [3.05, 3.63) is 33.9 Å². The van der Waals surface area contributed by atoms with Gasteiger partial charge in [-0.3, -0.25) is 0 Å². The van der Waals surface area contributed by atoms with Crippen molar-refractivity contribution in [2.75, 3.05) is 6.54 Å². The number of para-hydroxylation sites is 1. The molecule has 0 fully saturated rings. The molecule has 3 heteroatoms. The van der Waals surface area contributed by atoms with Crippen molar-refractivity contribution in [2.24, 2.45) is 0 Å². The molecule has 0 saturated heterocycles. The minimum Gasteiger partial charge on any atom is -0.357 e. The van der Waals surface area contributed by atoms with Crippen molar-refractivity contribution >= 4 is 26.8 Å². The molecule has 1 aromatic heterocycles. The molecule has 0 aliphatic heterocycles. The van der Waals surface area contributed by atoms with Crippen LogP contribution < -0.4 is 5.32 Å². The van der Waals surface area contributed by atoms with Gasteiger partial charge in [0.2, 0.25) is 0 Å². The Morgan fingerprint density at radius 2 is 2.28 bits per heavy atom. The van der Waals surface area contributed by atoms with Crippen LogP contribution >= 0.6 is 15.9 Å². The van der Waals surface area contributed by atoms with Gasteiger partial charge in [0.05, 0.1) is 5.52 Å². The maximum Gasteiger partial charge on any atom is 0.0603 e. The number of fused-ring (bicyclic) bond motifs is 3. The first kappa shape index (κ1) is 12.2. The van der Waals surface area contributed by atoms with E-state index in [1.165, 1.54) is 52.3 Å². The highest BCUT2D eigenvalue weighted by molar-refractivity contribution is 9.10. The predicted octanol–water partition coefficient (Wildman–Crippen LogP) is 4.31. The molecule has 18 heavy (non-hydrogen) atoms. The van der Waals surface area contributed by atoms with Gasteiger partial charge in [0, 0.05) is 21.6 Å². The Morgan fingerprint density at radius 1 is 1.39 bits per heavy atom. The molecule has 1 heterocycles. The first-order valence-electron chi connectivity index (χ1n) is 6.83. The van der Waals surface area contributed by atoms with Gasteiger partial charge in [-0.15, -0.1) is 0 Å². The number of halogens is 1. The molecule has 1 aliphatic rings. The highest BCUT2D eigenvalue weighted by atomic mass is 79.9. The monoisotopic (exact) mass is 306 g/mol. The molecule has 1 unspecified atom stereocenters. The molecule has 3 rings (SSSR count). The Morgan fingerprint density at radius 3 is 3.11 bits per heavy atom. The molecule has 2 nitrogen and oxygen atoms in total. The van der Waals surface area contributed by atoms with Gasteiger partial charge in [0.1, 0.15) is 0 Å². The Bertz CT molecular complexity index is 559. The Hall–Kier alpha value is -0.800. The van der Waals surface area contributed by atoms with Gasteiger partial charge < -0.3 is 10.3 Å². The molecule has 0 spiro atoms. The van der Waals surface area contributed by atoms with Crippen LogP contribution in [0.4, 0.5) is 0 Å². The van der Waals surface area contributed by atoms with Crippen LogP contribution in [0.15, 0.2) is 22.7 Å². The second-order valence-electron chi connectivity index (χ2n) is 5.04. The van der Waals surface area contributed by atoms with Crippen molar-refractivity contribution < 1.29 is 0 Å². The fourth-order valence-corrected chi connectivity index (χ4v) is 3.56. The minimum absolute atomic E-state index is 0.510. The Labute approximate surface area is 116 Å². The number of hydrogen-bond acceptors (Lipinski definition) is 1. The molecule has 0 radical (unpaired) electrons. The summed E-state index contributed by atoms with van der Waals surface area (Å²) in [7, 11) is 0. The normalized spacial score (nSPS) is 19.8. The second kappa shape index (κ2) is 5.06. The van der Waals surface area contributed by atoms with Gasteiger partial charge in [-0.25, -0.2) is 0 Å². The maximum absolute atomic E-state index is 3.65. The van der Waals surface area contributed by atoms with E-state index in [4.69, 9.17) is 0 Å². The lowest BCUT2D eigenvalue weighted by Crippen LogP contribution is -2.20. The van der Waals surface area contributed by atoms with E-state index in [-0.39, 0.29) is 0 Å². The van der Waals surface area contributed by atoms with Crippen LogP contribution in [0.1, 0.15) is 43.5 Å². The van der Waals surface area contributed by atoms with E-state index in [1.54, 1.807) is 0 Å². The molecule has 1 aliphatic carbocycles. The summed E-state index contributed by atoms with van der Waals surface area (Å²) in [6.07, 6.45) is 5.04. The SMILES string of the molecule is CCNC1CCCCc2[nH]c3c(Br)cccc3c21. The first-order chi connectivity index (χ1) is 8.81. The second-order valence-corrected chi connectivity index (χ2v) is 5.89. The zero-order valence-corrected chi connectivity index (χ0v) is 12.3. The van der Waals surface area contributed by atoms with E-state index in [9.17, 15) is 0 Å². The summed E-state index contributed by atoms with van der Waals surface area (Å²) in [6, 6.07) is 7.00. The predicted molar refractivity (Wildman–Crippen MR) is 80.0 cm³/mol. The van der Waals surface area contributed by atoms with E-state index in [0.717, 1.165) is 6.54 Å². The third-order valence-electron chi connectivity index (χ3n) is 3.87. The standard InChI is InChI=1S/C15H19BrN2/c1-2-17-12-8-3-4-9-13-14(12)10-6-5-7-11(16)15(10)18-13/h5-7,12,17-18H,2-4,8-9H2,1H3. The van der Waals surface area contributed by atoms with Crippen LogP contribution in [-0.4, -0.2) is 11.5 Å². The zero-order chi connectivity index (χ0) is 12.5. The van der Waals surface area contributed by atoms with E-state index < -0.39 is 0 Å². The number of nitrogens with one attached hydrogen (secondary N) is 2. The third-order valence-corrected chi connectivity index (χ3v) is 4.53. The van der Waals surface area contributed by atoms with Gasteiger partial charge in [-0.1, -0.05) is 25.5 Å². The average Bonchev–Trinajstić information content (AvgIpc) is 2.62. The van der Waals surface area contributed by atoms with Crippen molar-refractivity contribution in [1.82, 2.24) is 10.3 Å². The summed E-state index contributed by atoms with van der Waals surface area (Å²) < 4.78 is 1.17. The number of rotatable bonds is 2. The van der Waals surface area contributed by atoms with Gasteiger partial charge in [-0.2, -0.15) is 0 Å². The fraction of sp³-hybridized carbons (Fsp3) is 0.467. The summed E-state index contributed by atoms with van der Waals surface area (Å²) >= 11 is 3.65. The minimum atomic E-state index is 0.510. The van der Waals surface area contributed by atoms with Gasteiger partial charge >= 0.3 is 0 Å². The number of aryl methyl sites for hydroxylation is 1. The van der Waals surface area contributed by atoms with E-state index >= 15 is 0 Å². The van der Waals surface area contributed by atoms with Crippen LogP contribution in [0.2, 0.25) is 0 Å². The molecule has 0 saturated carbocycles.